The minimum absolute atomic E-state index is 0.156. The van der Waals surface area contributed by atoms with Crippen LogP contribution in [0.2, 0.25) is 0 Å². The number of hydrogen-bond acceptors (Lipinski definition) is 5. The van der Waals surface area contributed by atoms with Gasteiger partial charge in [-0.1, -0.05) is 0 Å². The molecule has 1 aliphatic rings. The molecule has 1 heterocycles. The van der Waals surface area contributed by atoms with E-state index in [1.807, 2.05) is 41.5 Å². The highest BCUT2D eigenvalue weighted by atomic mass is 16.6. The van der Waals surface area contributed by atoms with E-state index in [1.54, 1.807) is 4.90 Å². The molecule has 2 amide bonds. The minimum Gasteiger partial charge on any atom is -0.444 e. The number of nitrogens with zero attached hydrogens (tertiary/aromatic N) is 1. The maximum atomic E-state index is 12.2. The van der Waals surface area contributed by atoms with Crippen LogP contribution in [0.1, 0.15) is 41.5 Å². The predicted octanol–water partition coefficient (Wildman–Crippen LogP) is 1.72. The monoisotopic (exact) mass is 315 g/mol. The fraction of sp³-hybridized carbons (Fsp3) is 0.867. The van der Waals surface area contributed by atoms with E-state index in [1.165, 1.54) is 0 Å². The second-order valence-corrected chi connectivity index (χ2v) is 7.41. The highest BCUT2D eigenvalue weighted by Crippen LogP contribution is 2.13. The highest BCUT2D eigenvalue weighted by Gasteiger charge is 2.30. The summed E-state index contributed by atoms with van der Waals surface area (Å²) in [5.41, 5.74) is -1.08. The Hall–Kier alpha value is -1.50. The summed E-state index contributed by atoms with van der Waals surface area (Å²) in [5.74, 6) is 0. The molecule has 0 aromatic carbocycles. The molecule has 0 spiro atoms. The van der Waals surface area contributed by atoms with Gasteiger partial charge in [-0.2, -0.15) is 0 Å². The molecule has 1 rings (SSSR count). The molecule has 22 heavy (non-hydrogen) atoms. The van der Waals surface area contributed by atoms with Crippen molar-refractivity contribution in [3.63, 3.8) is 0 Å². The van der Waals surface area contributed by atoms with Crippen LogP contribution >= 0.6 is 0 Å². The van der Waals surface area contributed by atoms with Crippen LogP contribution in [-0.2, 0) is 9.47 Å². The first-order chi connectivity index (χ1) is 9.98. The molecule has 1 atom stereocenters. The summed E-state index contributed by atoms with van der Waals surface area (Å²) in [7, 11) is 0. The molecule has 1 fully saturated rings. The third-order valence-corrected chi connectivity index (χ3v) is 2.86. The third-order valence-electron chi connectivity index (χ3n) is 2.86. The number of nitrogens with one attached hydrogen (secondary N) is 2. The highest BCUT2D eigenvalue weighted by molar-refractivity contribution is 5.70. The quantitative estimate of drug-likeness (QED) is 0.811. The average Bonchev–Trinajstić information content (AvgIpc) is 2.32. The van der Waals surface area contributed by atoms with Crippen molar-refractivity contribution in [3.8, 4) is 0 Å². The smallest absolute Gasteiger partial charge is 0.410 e. The Morgan fingerprint density at radius 2 is 1.73 bits per heavy atom. The molecule has 0 bridgehead atoms. The summed E-state index contributed by atoms with van der Waals surface area (Å²) in [6.45, 7) is 13.1. The fourth-order valence-corrected chi connectivity index (χ4v) is 2.02. The first-order valence-electron chi connectivity index (χ1n) is 7.65. The lowest BCUT2D eigenvalue weighted by molar-refractivity contribution is 0.0107. The Morgan fingerprint density at radius 3 is 2.27 bits per heavy atom. The van der Waals surface area contributed by atoms with Crippen LogP contribution in [0.5, 0.6) is 0 Å². The van der Waals surface area contributed by atoms with Crippen molar-refractivity contribution >= 4 is 12.2 Å². The van der Waals surface area contributed by atoms with Crippen molar-refractivity contribution in [3.05, 3.63) is 0 Å². The number of ether oxygens (including phenoxy) is 2. The Morgan fingerprint density at radius 1 is 1.14 bits per heavy atom. The van der Waals surface area contributed by atoms with Crippen molar-refractivity contribution in [2.45, 2.75) is 58.8 Å². The zero-order valence-corrected chi connectivity index (χ0v) is 14.5. The molecule has 1 unspecified atom stereocenters. The second-order valence-electron chi connectivity index (χ2n) is 7.41. The van der Waals surface area contributed by atoms with E-state index in [-0.39, 0.29) is 12.1 Å². The van der Waals surface area contributed by atoms with Crippen LogP contribution in [0.4, 0.5) is 9.59 Å². The first-order valence-corrected chi connectivity index (χ1v) is 7.65. The van der Waals surface area contributed by atoms with Crippen molar-refractivity contribution in [1.82, 2.24) is 15.5 Å². The van der Waals surface area contributed by atoms with E-state index in [9.17, 15) is 9.59 Å². The van der Waals surface area contributed by atoms with Crippen molar-refractivity contribution in [2.24, 2.45) is 0 Å². The number of rotatable bonds is 2. The van der Waals surface area contributed by atoms with Crippen LogP contribution in [0.15, 0.2) is 0 Å². The molecule has 0 aromatic heterocycles. The topological polar surface area (TPSA) is 79.9 Å². The zero-order chi connectivity index (χ0) is 17.0. The van der Waals surface area contributed by atoms with E-state index < -0.39 is 17.3 Å². The number of carbonyl (C=O) groups excluding carboxylic acids is 2. The Kier molecular flexibility index (Phi) is 6.05. The number of carbonyl (C=O) groups is 2. The molecule has 7 heteroatoms. The van der Waals surface area contributed by atoms with Gasteiger partial charge in [-0.15, -0.1) is 0 Å². The van der Waals surface area contributed by atoms with E-state index in [2.05, 4.69) is 10.6 Å². The van der Waals surface area contributed by atoms with E-state index in [0.717, 1.165) is 0 Å². The molecule has 0 aromatic rings. The van der Waals surface area contributed by atoms with Crippen LogP contribution in [0.25, 0.3) is 0 Å². The second kappa shape index (κ2) is 7.17. The summed E-state index contributed by atoms with van der Waals surface area (Å²) < 4.78 is 10.6. The molecule has 2 N–H and O–H groups in total. The SMILES string of the molecule is CC(C)(C)OC(=O)NCC1CNCCN1C(=O)OC(C)(C)C. The van der Waals surface area contributed by atoms with Gasteiger partial charge in [0.15, 0.2) is 0 Å². The Bertz CT molecular complexity index is 399. The van der Waals surface area contributed by atoms with Gasteiger partial charge in [0.05, 0.1) is 6.04 Å². The summed E-state index contributed by atoms with van der Waals surface area (Å²) in [4.78, 5) is 25.6. The summed E-state index contributed by atoms with van der Waals surface area (Å²) in [5, 5.41) is 5.92. The maximum Gasteiger partial charge on any atom is 0.410 e. The van der Waals surface area contributed by atoms with Gasteiger partial charge in [0.2, 0.25) is 0 Å². The Labute approximate surface area is 132 Å². The number of alkyl carbamates (subject to hydrolysis) is 1. The summed E-state index contributed by atoms with van der Waals surface area (Å²) in [6.07, 6.45) is -0.841. The Balaban J connectivity index is 2.55. The molecule has 7 nitrogen and oxygen atoms in total. The van der Waals surface area contributed by atoms with Gasteiger partial charge < -0.3 is 25.0 Å². The van der Waals surface area contributed by atoms with Gasteiger partial charge in [-0.25, -0.2) is 9.59 Å². The molecule has 128 valence electrons. The molecule has 0 saturated carbocycles. The fourth-order valence-electron chi connectivity index (χ4n) is 2.02. The molecule has 1 saturated heterocycles. The lowest BCUT2D eigenvalue weighted by Crippen LogP contribution is -2.58. The van der Waals surface area contributed by atoms with Crippen molar-refractivity contribution < 1.29 is 19.1 Å². The van der Waals surface area contributed by atoms with E-state index in [0.29, 0.717) is 26.2 Å². The van der Waals surface area contributed by atoms with Crippen molar-refractivity contribution in [1.29, 1.82) is 0 Å². The standard InChI is InChI=1S/C15H29N3O4/c1-14(2,3)21-12(19)17-10-11-9-16-7-8-18(11)13(20)22-15(4,5)6/h11,16H,7-10H2,1-6H3,(H,17,19). The van der Waals surface area contributed by atoms with Gasteiger partial charge in [0.25, 0.3) is 0 Å². The lowest BCUT2D eigenvalue weighted by atomic mass is 10.2. The molecule has 0 radical (unpaired) electrons. The molecule has 1 aliphatic heterocycles. The van der Waals surface area contributed by atoms with Crippen LogP contribution < -0.4 is 10.6 Å². The van der Waals surface area contributed by atoms with Crippen LogP contribution in [0.3, 0.4) is 0 Å². The van der Waals surface area contributed by atoms with Crippen LogP contribution in [0, 0.1) is 0 Å². The summed E-state index contributed by atoms with van der Waals surface area (Å²) in [6, 6.07) is -0.156. The van der Waals surface area contributed by atoms with Gasteiger partial charge in [-0.3, -0.25) is 0 Å². The maximum absolute atomic E-state index is 12.2. The number of hydrogen-bond donors (Lipinski definition) is 2. The molecular formula is C15H29N3O4. The van der Waals surface area contributed by atoms with Gasteiger partial charge in [0, 0.05) is 26.2 Å². The number of piperazine rings is 1. The normalized spacial score (nSPS) is 19.5. The average molecular weight is 315 g/mol. The first kappa shape index (κ1) is 18.5. The molecule has 0 aliphatic carbocycles. The zero-order valence-electron chi connectivity index (χ0n) is 14.5. The summed E-state index contributed by atoms with van der Waals surface area (Å²) >= 11 is 0. The third kappa shape index (κ3) is 6.98. The minimum atomic E-state index is -0.542. The lowest BCUT2D eigenvalue weighted by Gasteiger charge is -2.37. The molecular weight excluding hydrogens is 286 g/mol. The largest absolute Gasteiger partial charge is 0.444 e. The predicted molar refractivity (Wildman–Crippen MR) is 83.8 cm³/mol. The van der Waals surface area contributed by atoms with Gasteiger partial charge in [-0.05, 0) is 41.5 Å². The van der Waals surface area contributed by atoms with Gasteiger partial charge >= 0.3 is 12.2 Å². The van der Waals surface area contributed by atoms with E-state index in [4.69, 9.17) is 9.47 Å². The van der Waals surface area contributed by atoms with Crippen molar-refractivity contribution in [2.75, 3.05) is 26.2 Å². The van der Waals surface area contributed by atoms with E-state index >= 15 is 0 Å². The van der Waals surface area contributed by atoms with Gasteiger partial charge in [0.1, 0.15) is 11.2 Å². The van der Waals surface area contributed by atoms with Crippen LogP contribution in [-0.4, -0.2) is 60.5 Å². The number of amides is 2.